The minimum Gasteiger partial charge on any atom is -0.338 e. The van der Waals surface area contributed by atoms with Crippen molar-refractivity contribution in [1.82, 2.24) is 19.4 Å². The molecule has 1 aromatic heterocycles. The summed E-state index contributed by atoms with van der Waals surface area (Å²) in [7, 11) is 1.43. The van der Waals surface area contributed by atoms with Crippen LogP contribution in [0.2, 0.25) is 0 Å². The van der Waals surface area contributed by atoms with E-state index < -0.39 is 5.25 Å². The van der Waals surface area contributed by atoms with Crippen molar-refractivity contribution in [3.8, 4) is 0 Å². The van der Waals surface area contributed by atoms with Crippen molar-refractivity contribution in [2.75, 3.05) is 20.1 Å². The second-order valence-corrected chi connectivity index (χ2v) is 8.23. The summed E-state index contributed by atoms with van der Waals surface area (Å²) in [4.78, 5) is 55.3. The van der Waals surface area contributed by atoms with Gasteiger partial charge in [0.05, 0.1) is 10.9 Å². The van der Waals surface area contributed by atoms with Gasteiger partial charge in [0.1, 0.15) is 11.1 Å². The van der Waals surface area contributed by atoms with Gasteiger partial charge in [0.15, 0.2) is 0 Å². The highest BCUT2D eigenvalue weighted by atomic mass is 32.2. The highest BCUT2D eigenvalue weighted by Crippen LogP contribution is 2.29. The van der Waals surface area contributed by atoms with Gasteiger partial charge < -0.3 is 9.47 Å². The van der Waals surface area contributed by atoms with Gasteiger partial charge in [-0.2, -0.15) is 4.98 Å². The number of fused-ring (bicyclic) bond motifs is 1. The predicted octanol–water partition coefficient (Wildman–Crippen LogP) is 1.86. The number of aryl methyl sites for hydroxylation is 1. The standard InChI is InChI=1S/C20H20N4O4S/c1-12-21-18(26)14-5-3-4-6-15(14)24(12)13-7-9-23(10-8-13)17(25)11-16-19(27)22(2)20(28)29-16/h3-7,16H,8-11H2,1-2H3. The predicted molar refractivity (Wildman–Crippen MR) is 110 cm³/mol. The Balaban J connectivity index is 1.53. The largest absolute Gasteiger partial charge is 0.338 e. The zero-order valence-corrected chi connectivity index (χ0v) is 16.9. The fourth-order valence-corrected chi connectivity index (χ4v) is 4.68. The van der Waals surface area contributed by atoms with Crippen LogP contribution in [0.4, 0.5) is 4.79 Å². The first-order valence-electron chi connectivity index (χ1n) is 9.30. The third-order valence-corrected chi connectivity index (χ3v) is 6.40. The fourth-order valence-electron chi connectivity index (χ4n) is 3.71. The van der Waals surface area contributed by atoms with Gasteiger partial charge in [0.25, 0.3) is 10.8 Å². The zero-order valence-electron chi connectivity index (χ0n) is 16.1. The highest BCUT2D eigenvalue weighted by Gasteiger charge is 2.39. The van der Waals surface area contributed by atoms with Crippen molar-refractivity contribution in [2.24, 2.45) is 0 Å². The molecule has 3 heterocycles. The van der Waals surface area contributed by atoms with E-state index in [1.807, 2.05) is 28.8 Å². The quantitative estimate of drug-likeness (QED) is 0.764. The monoisotopic (exact) mass is 412 g/mol. The molecular formula is C20H20N4O4S. The molecule has 1 atom stereocenters. The number of amides is 3. The Morgan fingerprint density at radius 3 is 2.66 bits per heavy atom. The number of thioether (sulfide) groups is 1. The van der Waals surface area contributed by atoms with Crippen LogP contribution in [0.25, 0.3) is 16.6 Å². The van der Waals surface area contributed by atoms with Crippen LogP contribution < -0.4 is 5.56 Å². The zero-order chi connectivity index (χ0) is 20.7. The molecular weight excluding hydrogens is 392 g/mol. The van der Waals surface area contributed by atoms with E-state index in [4.69, 9.17) is 0 Å². The molecule has 2 aliphatic rings. The van der Waals surface area contributed by atoms with Crippen LogP contribution >= 0.6 is 11.8 Å². The second-order valence-electron chi connectivity index (χ2n) is 7.08. The Bertz CT molecular complexity index is 1120. The van der Waals surface area contributed by atoms with Crippen LogP contribution in [0.15, 0.2) is 35.1 Å². The summed E-state index contributed by atoms with van der Waals surface area (Å²) < 4.78 is 1.96. The minimum absolute atomic E-state index is 0.0181. The molecule has 1 fully saturated rings. The first-order chi connectivity index (χ1) is 13.9. The Kier molecular flexibility index (Phi) is 4.99. The minimum atomic E-state index is -0.639. The molecule has 1 unspecified atom stereocenters. The summed E-state index contributed by atoms with van der Waals surface area (Å²) in [5.74, 6) is 0.145. The molecule has 4 rings (SSSR count). The lowest BCUT2D eigenvalue weighted by molar-refractivity contribution is -0.134. The Hall–Kier alpha value is -2.94. The smallest absolute Gasteiger partial charge is 0.288 e. The van der Waals surface area contributed by atoms with E-state index in [-0.39, 0.29) is 29.0 Å². The van der Waals surface area contributed by atoms with Crippen molar-refractivity contribution in [3.63, 3.8) is 0 Å². The Morgan fingerprint density at radius 2 is 2.00 bits per heavy atom. The summed E-state index contributed by atoms with van der Waals surface area (Å²) in [6.45, 7) is 2.70. The van der Waals surface area contributed by atoms with E-state index in [9.17, 15) is 19.2 Å². The molecule has 2 aromatic rings. The SMILES string of the molecule is Cc1nc(=O)c2ccccc2n1C1=CCN(C(=O)CC2SC(=O)N(C)C2=O)CC1. The molecule has 2 aliphatic heterocycles. The van der Waals surface area contributed by atoms with E-state index in [0.717, 1.165) is 27.9 Å². The number of aromatic nitrogens is 2. The first kappa shape index (κ1) is 19.4. The van der Waals surface area contributed by atoms with Crippen molar-refractivity contribution >= 4 is 45.4 Å². The van der Waals surface area contributed by atoms with Crippen LogP contribution in [0, 0.1) is 6.92 Å². The maximum absolute atomic E-state index is 12.6. The molecule has 29 heavy (non-hydrogen) atoms. The molecule has 1 aromatic carbocycles. The number of carbonyl (C=O) groups is 3. The molecule has 3 amide bonds. The van der Waals surface area contributed by atoms with E-state index in [2.05, 4.69) is 4.98 Å². The number of hydrogen-bond donors (Lipinski definition) is 0. The third-order valence-electron chi connectivity index (χ3n) is 5.27. The molecule has 0 aliphatic carbocycles. The topological polar surface area (TPSA) is 92.6 Å². The molecule has 150 valence electrons. The van der Waals surface area contributed by atoms with Gasteiger partial charge in [-0.25, -0.2) is 0 Å². The summed E-state index contributed by atoms with van der Waals surface area (Å²) in [6, 6.07) is 7.34. The van der Waals surface area contributed by atoms with Crippen LogP contribution in [0.5, 0.6) is 0 Å². The number of carbonyl (C=O) groups excluding carboxylic acids is 3. The number of nitrogens with zero attached hydrogens (tertiary/aromatic N) is 4. The molecule has 0 spiro atoms. The van der Waals surface area contributed by atoms with Crippen molar-refractivity contribution in [3.05, 3.63) is 46.5 Å². The molecule has 0 saturated carbocycles. The second kappa shape index (κ2) is 7.47. The average Bonchev–Trinajstić information content (AvgIpc) is 2.95. The van der Waals surface area contributed by atoms with Gasteiger partial charge in [-0.3, -0.25) is 24.1 Å². The number of para-hydroxylation sites is 1. The lowest BCUT2D eigenvalue weighted by Crippen LogP contribution is -2.38. The van der Waals surface area contributed by atoms with Gasteiger partial charge in [0.2, 0.25) is 11.8 Å². The average molecular weight is 412 g/mol. The summed E-state index contributed by atoms with van der Waals surface area (Å²) in [6.07, 6.45) is 2.57. The molecule has 0 radical (unpaired) electrons. The number of rotatable bonds is 3. The molecule has 0 bridgehead atoms. The van der Waals surface area contributed by atoms with Gasteiger partial charge >= 0.3 is 0 Å². The summed E-state index contributed by atoms with van der Waals surface area (Å²) in [5, 5.41) is -0.399. The van der Waals surface area contributed by atoms with Gasteiger partial charge in [-0.15, -0.1) is 0 Å². The number of benzene rings is 1. The summed E-state index contributed by atoms with van der Waals surface area (Å²) >= 11 is 0.909. The third kappa shape index (κ3) is 3.46. The van der Waals surface area contributed by atoms with Crippen molar-refractivity contribution in [2.45, 2.75) is 25.0 Å². The van der Waals surface area contributed by atoms with Crippen molar-refractivity contribution < 1.29 is 14.4 Å². The van der Waals surface area contributed by atoms with Gasteiger partial charge in [-0.1, -0.05) is 23.9 Å². The van der Waals surface area contributed by atoms with Gasteiger partial charge in [-0.05, 0) is 25.1 Å². The Morgan fingerprint density at radius 1 is 1.24 bits per heavy atom. The lowest BCUT2D eigenvalue weighted by atomic mass is 10.1. The molecule has 1 saturated heterocycles. The van der Waals surface area contributed by atoms with Crippen LogP contribution in [0.3, 0.4) is 0 Å². The fraction of sp³-hybridized carbons (Fsp3) is 0.350. The van der Waals surface area contributed by atoms with Crippen molar-refractivity contribution in [1.29, 1.82) is 0 Å². The van der Waals surface area contributed by atoms with E-state index in [1.165, 1.54) is 7.05 Å². The van der Waals surface area contributed by atoms with Crippen LogP contribution in [0.1, 0.15) is 18.7 Å². The van der Waals surface area contributed by atoms with E-state index in [1.54, 1.807) is 17.9 Å². The van der Waals surface area contributed by atoms with Gasteiger partial charge in [0, 0.05) is 38.7 Å². The first-order valence-corrected chi connectivity index (χ1v) is 10.2. The number of hydrogen-bond acceptors (Lipinski definition) is 6. The molecule has 8 nitrogen and oxygen atoms in total. The maximum atomic E-state index is 12.6. The normalized spacial score (nSPS) is 19.8. The highest BCUT2D eigenvalue weighted by molar-refractivity contribution is 8.15. The lowest BCUT2D eigenvalue weighted by Gasteiger charge is -2.29. The number of imide groups is 1. The van der Waals surface area contributed by atoms with E-state index >= 15 is 0 Å². The maximum Gasteiger partial charge on any atom is 0.288 e. The summed E-state index contributed by atoms with van der Waals surface area (Å²) in [5.41, 5.74) is 1.53. The van der Waals surface area contributed by atoms with E-state index in [0.29, 0.717) is 30.7 Å². The molecule has 9 heteroatoms. The Labute approximate surface area is 171 Å². The van der Waals surface area contributed by atoms with Crippen LogP contribution in [-0.2, 0) is 9.59 Å². The molecule has 0 N–H and O–H groups in total. The van der Waals surface area contributed by atoms with Crippen LogP contribution in [-0.4, -0.2) is 61.8 Å².